The monoisotopic (exact) mass is 220 g/mol. The number of fused-ring (bicyclic) bond motifs is 1. The normalized spacial score (nSPS) is 11.9. The van der Waals surface area contributed by atoms with Crippen LogP contribution in [0.2, 0.25) is 0 Å². The third-order valence-electron chi connectivity index (χ3n) is 2.08. The van der Waals surface area contributed by atoms with Crippen LogP contribution >= 0.6 is 0 Å². The van der Waals surface area contributed by atoms with E-state index in [1.165, 1.54) is 16.7 Å². The standard InChI is InChI=1S/C9H8N4O3/c10-8(12-16)5-1-2-13-4-6(9(14)15)11-7(13)3-5/h1-4,16H,(H2,10,12)(H,14,15). The Morgan fingerprint density at radius 1 is 1.56 bits per heavy atom. The van der Waals surface area contributed by atoms with Gasteiger partial charge in [0.1, 0.15) is 5.65 Å². The second-order valence-corrected chi connectivity index (χ2v) is 3.10. The summed E-state index contributed by atoms with van der Waals surface area (Å²) < 4.78 is 1.54. The first-order chi connectivity index (χ1) is 7.61. The molecule has 0 radical (unpaired) electrons. The van der Waals surface area contributed by atoms with Crippen molar-refractivity contribution in [1.29, 1.82) is 0 Å². The molecule has 0 fully saturated rings. The number of amidine groups is 1. The zero-order chi connectivity index (χ0) is 11.7. The Labute approximate surface area is 89.4 Å². The van der Waals surface area contributed by atoms with Crippen LogP contribution in [0, 0.1) is 0 Å². The van der Waals surface area contributed by atoms with Crippen LogP contribution in [-0.4, -0.2) is 31.5 Å². The molecular weight excluding hydrogens is 212 g/mol. The number of oxime groups is 1. The minimum Gasteiger partial charge on any atom is -0.476 e. The first-order valence-corrected chi connectivity index (χ1v) is 4.32. The number of hydrogen-bond acceptors (Lipinski definition) is 4. The van der Waals surface area contributed by atoms with E-state index >= 15 is 0 Å². The fourth-order valence-corrected chi connectivity index (χ4v) is 1.30. The van der Waals surface area contributed by atoms with Crippen LogP contribution in [0.5, 0.6) is 0 Å². The third kappa shape index (κ3) is 1.54. The van der Waals surface area contributed by atoms with Crippen molar-refractivity contribution in [1.82, 2.24) is 9.38 Å². The summed E-state index contributed by atoms with van der Waals surface area (Å²) in [4.78, 5) is 14.5. The molecule has 7 heteroatoms. The lowest BCUT2D eigenvalue weighted by Gasteiger charge is -1.98. The smallest absolute Gasteiger partial charge is 0.356 e. The summed E-state index contributed by atoms with van der Waals surface area (Å²) in [6.45, 7) is 0. The maximum Gasteiger partial charge on any atom is 0.356 e. The molecule has 2 heterocycles. The van der Waals surface area contributed by atoms with Crippen molar-refractivity contribution in [3.63, 3.8) is 0 Å². The molecule has 0 aliphatic rings. The van der Waals surface area contributed by atoms with E-state index in [2.05, 4.69) is 10.1 Å². The zero-order valence-corrected chi connectivity index (χ0v) is 8.03. The number of nitrogens with two attached hydrogens (primary N) is 1. The number of aromatic carboxylic acids is 1. The highest BCUT2D eigenvalue weighted by atomic mass is 16.4. The Balaban J connectivity index is 2.58. The Morgan fingerprint density at radius 3 is 2.94 bits per heavy atom. The van der Waals surface area contributed by atoms with Crippen LogP contribution in [0.1, 0.15) is 16.1 Å². The van der Waals surface area contributed by atoms with Crippen LogP contribution in [0.25, 0.3) is 5.65 Å². The molecule has 16 heavy (non-hydrogen) atoms. The van der Waals surface area contributed by atoms with Crippen molar-refractivity contribution in [2.24, 2.45) is 10.9 Å². The van der Waals surface area contributed by atoms with E-state index < -0.39 is 5.97 Å². The molecule has 2 rings (SSSR count). The SMILES string of the molecule is NC(=NO)c1ccn2cc(C(=O)O)nc2c1. The molecular formula is C9H8N4O3. The molecule has 0 bridgehead atoms. The van der Waals surface area contributed by atoms with Gasteiger partial charge in [0.15, 0.2) is 11.5 Å². The highest BCUT2D eigenvalue weighted by molar-refractivity contribution is 5.97. The van der Waals surface area contributed by atoms with Gasteiger partial charge in [-0.15, -0.1) is 0 Å². The van der Waals surface area contributed by atoms with E-state index in [-0.39, 0.29) is 11.5 Å². The van der Waals surface area contributed by atoms with Gasteiger partial charge in [-0.05, 0) is 12.1 Å². The Kier molecular flexibility index (Phi) is 2.20. The largest absolute Gasteiger partial charge is 0.476 e. The Morgan fingerprint density at radius 2 is 2.31 bits per heavy atom. The lowest BCUT2D eigenvalue weighted by atomic mass is 10.2. The average molecular weight is 220 g/mol. The van der Waals surface area contributed by atoms with Crippen molar-refractivity contribution in [2.75, 3.05) is 0 Å². The van der Waals surface area contributed by atoms with Crippen LogP contribution in [-0.2, 0) is 0 Å². The molecule has 2 aromatic rings. The summed E-state index contributed by atoms with van der Waals surface area (Å²) >= 11 is 0. The van der Waals surface area contributed by atoms with Crippen LogP contribution in [0.15, 0.2) is 29.7 Å². The van der Waals surface area contributed by atoms with Gasteiger partial charge in [-0.1, -0.05) is 5.16 Å². The van der Waals surface area contributed by atoms with E-state index in [4.69, 9.17) is 16.0 Å². The summed E-state index contributed by atoms with van der Waals surface area (Å²) in [5.74, 6) is -1.16. The van der Waals surface area contributed by atoms with Crippen molar-refractivity contribution >= 4 is 17.5 Å². The van der Waals surface area contributed by atoms with Gasteiger partial charge in [-0.25, -0.2) is 9.78 Å². The van der Waals surface area contributed by atoms with Gasteiger partial charge >= 0.3 is 5.97 Å². The third-order valence-corrected chi connectivity index (χ3v) is 2.08. The summed E-state index contributed by atoms with van der Waals surface area (Å²) in [6.07, 6.45) is 2.97. The first-order valence-electron chi connectivity index (χ1n) is 4.32. The number of carboxylic acids is 1. The molecule has 0 saturated carbocycles. The minimum atomic E-state index is -1.10. The Hall–Kier alpha value is -2.57. The van der Waals surface area contributed by atoms with Crippen LogP contribution in [0.4, 0.5) is 0 Å². The number of hydrogen-bond donors (Lipinski definition) is 3. The molecule has 0 aliphatic carbocycles. The van der Waals surface area contributed by atoms with Gasteiger partial charge < -0.3 is 20.4 Å². The maximum atomic E-state index is 10.7. The van der Waals surface area contributed by atoms with Gasteiger partial charge in [0, 0.05) is 18.0 Å². The molecule has 0 amide bonds. The second kappa shape index (κ2) is 3.54. The number of rotatable bonds is 2. The fraction of sp³-hybridized carbons (Fsp3) is 0. The predicted molar refractivity (Wildman–Crippen MR) is 54.7 cm³/mol. The highest BCUT2D eigenvalue weighted by Gasteiger charge is 2.09. The van der Waals surface area contributed by atoms with E-state index in [9.17, 15) is 4.79 Å². The molecule has 0 unspecified atom stereocenters. The minimum absolute atomic E-state index is 0.0534. The van der Waals surface area contributed by atoms with Gasteiger partial charge in [-0.3, -0.25) is 0 Å². The summed E-state index contributed by atoms with van der Waals surface area (Å²) in [5, 5.41) is 20.1. The van der Waals surface area contributed by atoms with Gasteiger partial charge in [0.2, 0.25) is 0 Å². The molecule has 0 atom stereocenters. The Bertz CT molecular complexity index is 587. The van der Waals surface area contributed by atoms with Crippen molar-refractivity contribution in [2.45, 2.75) is 0 Å². The maximum absolute atomic E-state index is 10.7. The fourth-order valence-electron chi connectivity index (χ4n) is 1.30. The molecule has 7 nitrogen and oxygen atoms in total. The number of carbonyl (C=O) groups is 1. The highest BCUT2D eigenvalue weighted by Crippen LogP contribution is 2.08. The van der Waals surface area contributed by atoms with Crippen LogP contribution in [0.3, 0.4) is 0 Å². The van der Waals surface area contributed by atoms with E-state index in [0.717, 1.165) is 0 Å². The lowest BCUT2D eigenvalue weighted by molar-refractivity contribution is 0.0691. The van der Waals surface area contributed by atoms with Crippen molar-refractivity contribution in [3.05, 3.63) is 35.8 Å². The van der Waals surface area contributed by atoms with E-state index in [1.54, 1.807) is 12.3 Å². The summed E-state index contributed by atoms with van der Waals surface area (Å²) in [7, 11) is 0. The number of aromatic nitrogens is 2. The lowest BCUT2D eigenvalue weighted by Crippen LogP contribution is -2.13. The number of pyridine rings is 1. The molecule has 0 aliphatic heterocycles. The second-order valence-electron chi connectivity index (χ2n) is 3.10. The average Bonchev–Trinajstić information content (AvgIpc) is 2.70. The first kappa shape index (κ1) is 9.97. The number of imidazole rings is 1. The molecule has 2 aromatic heterocycles. The van der Waals surface area contributed by atoms with Gasteiger partial charge in [0.05, 0.1) is 0 Å². The van der Waals surface area contributed by atoms with Crippen molar-refractivity contribution in [3.8, 4) is 0 Å². The summed E-state index contributed by atoms with van der Waals surface area (Å²) in [6, 6.07) is 3.12. The molecule has 0 spiro atoms. The topological polar surface area (TPSA) is 113 Å². The summed E-state index contributed by atoms with van der Waals surface area (Å²) in [5.41, 5.74) is 6.23. The molecule has 0 aromatic carbocycles. The molecule has 0 saturated heterocycles. The quantitative estimate of drug-likeness (QED) is 0.288. The number of carboxylic acid groups (broad SMARTS) is 1. The van der Waals surface area contributed by atoms with E-state index in [0.29, 0.717) is 11.2 Å². The number of nitrogens with zero attached hydrogens (tertiary/aromatic N) is 3. The van der Waals surface area contributed by atoms with Crippen molar-refractivity contribution < 1.29 is 15.1 Å². The molecule has 4 N–H and O–H groups in total. The van der Waals surface area contributed by atoms with Crippen LogP contribution < -0.4 is 5.73 Å². The van der Waals surface area contributed by atoms with Gasteiger partial charge in [-0.2, -0.15) is 0 Å². The van der Waals surface area contributed by atoms with Gasteiger partial charge in [0.25, 0.3) is 0 Å². The molecule has 82 valence electrons. The van der Waals surface area contributed by atoms with E-state index in [1.807, 2.05) is 0 Å². The predicted octanol–water partition coefficient (Wildman–Crippen LogP) is 0.127. The zero-order valence-electron chi connectivity index (χ0n) is 8.03.